The van der Waals surface area contributed by atoms with E-state index in [1.54, 1.807) is 0 Å². The molecule has 0 radical (unpaired) electrons. The largest absolute Gasteiger partial charge is 0.417 e. The van der Waals surface area contributed by atoms with Gasteiger partial charge in [0.15, 0.2) is 5.82 Å². The van der Waals surface area contributed by atoms with E-state index in [4.69, 9.17) is 9.26 Å². The van der Waals surface area contributed by atoms with E-state index in [9.17, 15) is 22.8 Å². The highest BCUT2D eigenvalue weighted by Crippen LogP contribution is 2.36. The van der Waals surface area contributed by atoms with Crippen LogP contribution in [0.25, 0.3) is 22.4 Å². The number of esters is 1. The molecule has 9 nitrogen and oxygen atoms in total. The molecule has 0 fully saturated rings. The van der Waals surface area contributed by atoms with E-state index in [-0.39, 0.29) is 52.4 Å². The van der Waals surface area contributed by atoms with E-state index < -0.39 is 23.3 Å². The van der Waals surface area contributed by atoms with Crippen molar-refractivity contribution in [3.05, 3.63) is 64.3 Å². The fourth-order valence-corrected chi connectivity index (χ4v) is 3.32. The quantitative estimate of drug-likeness (QED) is 0.384. The maximum absolute atomic E-state index is 13.3. The normalized spacial score (nSPS) is 12.2. The SMILES string of the molecule is CC(C)(C)CC(=O)Oc1nn(Cc2noc(-c3ccccc3C(F)(F)F)n2)c(=O)c2cccnc12. The molecule has 0 saturated heterocycles. The number of hydrogen-bond acceptors (Lipinski definition) is 8. The third-order valence-electron chi connectivity index (χ3n) is 4.79. The first kappa shape index (κ1) is 24.0. The molecule has 182 valence electrons. The van der Waals surface area contributed by atoms with Gasteiger partial charge in [0.2, 0.25) is 0 Å². The van der Waals surface area contributed by atoms with Crippen molar-refractivity contribution >= 4 is 16.9 Å². The summed E-state index contributed by atoms with van der Waals surface area (Å²) in [6.07, 6.45) is -3.10. The third kappa shape index (κ3) is 5.36. The predicted molar refractivity (Wildman–Crippen MR) is 117 cm³/mol. The first-order valence-corrected chi connectivity index (χ1v) is 10.5. The first-order chi connectivity index (χ1) is 16.4. The summed E-state index contributed by atoms with van der Waals surface area (Å²) in [5, 5.41) is 7.93. The lowest BCUT2D eigenvalue weighted by molar-refractivity contribution is -0.137. The van der Waals surface area contributed by atoms with Gasteiger partial charge in [-0.3, -0.25) is 14.6 Å². The van der Waals surface area contributed by atoms with Crippen LogP contribution in [0.3, 0.4) is 0 Å². The lowest BCUT2D eigenvalue weighted by Crippen LogP contribution is -2.26. The van der Waals surface area contributed by atoms with Crippen LogP contribution in [-0.2, 0) is 17.5 Å². The monoisotopic (exact) mass is 487 g/mol. The van der Waals surface area contributed by atoms with E-state index in [0.717, 1.165) is 10.7 Å². The van der Waals surface area contributed by atoms with Gasteiger partial charge < -0.3 is 9.26 Å². The molecule has 4 aromatic rings. The topological polar surface area (TPSA) is 113 Å². The van der Waals surface area contributed by atoms with Crippen LogP contribution < -0.4 is 10.3 Å². The molecule has 0 saturated carbocycles. The van der Waals surface area contributed by atoms with Gasteiger partial charge in [0.25, 0.3) is 17.3 Å². The molecule has 0 aliphatic rings. The summed E-state index contributed by atoms with van der Waals surface area (Å²) < 4.78 is 51.4. The smallest absolute Gasteiger partial charge is 0.403 e. The highest BCUT2D eigenvalue weighted by Gasteiger charge is 2.35. The molecule has 0 amide bonds. The fraction of sp³-hybridized carbons (Fsp3) is 0.304. The zero-order chi connectivity index (χ0) is 25.4. The van der Waals surface area contributed by atoms with Gasteiger partial charge in [-0.15, -0.1) is 5.10 Å². The fourth-order valence-electron chi connectivity index (χ4n) is 3.32. The molecule has 0 bridgehead atoms. The number of rotatable bonds is 5. The van der Waals surface area contributed by atoms with Gasteiger partial charge in [-0.1, -0.05) is 38.1 Å². The van der Waals surface area contributed by atoms with Gasteiger partial charge in [0.1, 0.15) is 12.1 Å². The van der Waals surface area contributed by atoms with Crippen molar-refractivity contribution in [1.82, 2.24) is 24.9 Å². The Morgan fingerprint density at radius 1 is 1.11 bits per heavy atom. The number of nitrogens with zero attached hydrogens (tertiary/aromatic N) is 5. The maximum atomic E-state index is 13.3. The standard InChI is InChI=1S/C23H20F3N5O4/c1-22(2,3)11-17(32)34-20-18-14(8-6-10-27-18)21(33)31(29-20)12-16-28-19(35-30-16)13-7-4-5-9-15(13)23(24,25)26/h4-10H,11-12H2,1-3H3. The van der Waals surface area contributed by atoms with Crippen molar-refractivity contribution in [2.45, 2.75) is 39.9 Å². The van der Waals surface area contributed by atoms with Crippen molar-refractivity contribution in [1.29, 1.82) is 0 Å². The number of carbonyl (C=O) groups excluding carboxylic acids is 1. The average Bonchev–Trinajstić information content (AvgIpc) is 3.23. The van der Waals surface area contributed by atoms with Crippen molar-refractivity contribution in [2.75, 3.05) is 0 Å². The van der Waals surface area contributed by atoms with Crippen LogP contribution >= 0.6 is 0 Å². The number of alkyl halides is 3. The number of pyridine rings is 1. The van der Waals surface area contributed by atoms with Crippen molar-refractivity contribution in [2.24, 2.45) is 5.41 Å². The molecule has 35 heavy (non-hydrogen) atoms. The van der Waals surface area contributed by atoms with Crippen LogP contribution in [0, 0.1) is 5.41 Å². The number of halogens is 3. The Morgan fingerprint density at radius 3 is 2.57 bits per heavy atom. The van der Waals surface area contributed by atoms with Crippen LogP contribution in [-0.4, -0.2) is 30.9 Å². The molecule has 0 N–H and O–H groups in total. The third-order valence-corrected chi connectivity index (χ3v) is 4.79. The van der Waals surface area contributed by atoms with Crippen LogP contribution in [0.4, 0.5) is 13.2 Å². The minimum absolute atomic E-state index is 0.0922. The second kappa shape index (κ2) is 8.93. The van der Waals surface area contributed by atoms with Crippen molar-refractivity contribution < 1.29 is 27.2 Å². The second-order valence-corrected chi connectivity index (χ2v) is 8.94. The number of benzene rings is 1. The lowest BCUT2D eigenvalue weighted by atomic mass is 9.92. The van der Waals surface area contributed by atoms with Gasteiger partial charge in [0.05, 0.1) is 22.9 Å². The van der Waals surface area contributed by atoms with Gasteiger partial charge in [-0.05, 0) is 29.7 Å². The number of aromatic nitrogens is 5. The Labute approximate surface area is 196 Å². The number of fused-ring (bicyclic) bond motifs is 1. The molecule has 0 unspecified atom stereocenters. The molecule has 12 heteroatoms. The molecule has 0 atom stereocenters. The molecule has 4 rings (SSSR count). The minimum atomic E-state index is -4.62. The van der Waals surface area contributed by atoms with E-state index in [2.05, 4.69) is 20.2 Å². The Hall–Kier alpha value is -4.09. The molecule has 3 aromatic heterocycles. The summed E-state index contributed by atoms with van der Waals surface area (Å²) in [5.41, 5.74) is -2.05. The number of ether oxygens (including phenoxy) is 1. The van der Waals surface area contributed by atoms with Crippen molar-refractivity contribution in [3.63, 3.8) is 0 Å². The predicted octanol–water partition coefficient (Wildman–Crippen LogP) is 4.25. The van der Waals surface area contributed by atoms with E-state index in [0.29, 0.717) is 0 Å². The zero-order valence-electron chi connectivity index (χ0n) is 19.0. The summed E-state index contributed by atoms with van der Waals surface area (Å²) in [6.45, 7) is 5.25. The highest BCUT2D eigenvalue weighted by atomic mass is 19.4. The lowest BCUT2D eigenvalue weighted by Gasteiger charge is -2.16. The minimum Gasteiger partial charge on any atom is -0.403 e. The van der Waals surface area contributed by atoms with Crippen LogP contribution in [0.2, 0.25) is 0 Å². The Bertz CT molecular complexity index is 1450. The molecular weight excluding hydrogens is 467 g/mol. The highest BCUT2D eigenvalue weighted by molar-refractivity contribution is 5.84. The van der Waals surface area contributed by atoms with Crippen molar-refractivity contribution in [3.8, 4) is 17.3 Å². The summed E-state index contributed by atoms with van der Waals surface area (Å²) in [5.74, 6) is -1.20. The summed E-state index contributed by atoms with van der Waals surface area (Å²) in [7, 11) is 0. The van der Waals surface area contributed by atoms with Gasteiger partial charge in [0, 0.05) is 6.20 Å². The van der Waals surface area contributed by atoms with Crippen LogP contribution in [0.15, 0.2) is 51.9 Å². The molecule has 0 aliphatic carbocycles. The molecule has 0 aliphatic heterocycles. The molecule has 3 heterocycles. The Morgan fingerprint density at radius 2 is 1.86 bits per heavy atom. The number of hydrogen-bond donors (Lipinski definition) is 0. The second-order valence-electron chi connectivity index (χ2n) is 8.94. The maximum Gasteiger partial charge on any atom is 0.417 e. The average molecular weight is 487 g/mol. The summed E-state index contributed by atoms with van der Waals surface area (Å²) in [6, 6.07) is 7.80. The number of carbonyl (C=O) groups is 1. The van der Waals surface area contributed by atoms with Gasteiger partial charge in [-0.25, -0.2) is 4.68 Å². The summed E-state index contributed by atoms with van der Waals surface area (Å²) >= 11 is 0. The Balaban J connectivity index is 1.70. The Kier molecular flexibility index (Phi) is 6.14. The van der Waals surface area contributed by atoms with Gasteiger partial charge in [-0.2, -0.15) is 18.2 Å². The van der Waals surface area contributed by atoms with Crippen LogP contribution in [0.5, 0.6) is 5.88 Å². The zero-order valence-corrected chi connectivity index (χ0v) is 19.0. The summed E-state index contributed by atoms with van der Waals surface area (Å²) in [4.78, 5) is 33.5. The molecular formula is C23H20F3N5O4. The first-order valence-electron chi connectivity index (χ1n) is 10.5. The van der Waals surface area contributed by atoms with E-state index in [1.165, 1.54) is 36.5 Å². The van der Waals surface area contributed by atoms with E-state index >= 15 is 0 Å². The molecule has 0 spiro atoms. The van der Waals surface area contributed by atoms with Crippen LogP contribution in [0.1, 0.15) is 38.6 Å². The van der Waals surface area contributed by atoms with Gasteiger partial charge >= 0.3 is 12.1 Å². The molecule has 1 aromatic carbocycles. The van der Waals surface area contributed by atoms with E-state index in [1.807, 2.05) is 20.8 Å².